The maximum absolute atomic E-state index is 12.0. The van der Waals surface area contributed by atoms with Crippen LogP contribution >= 0.6 is 0 Å². The lowest BCUT2D eigenvalue weighted by Gasteiger charge is -2.12. The molecule has 0 spiro atoms. The van der Waals surface area contributed by atoms with Gasteiger partial charge in [0.25, 0.3) is 0 Å². The minimum Gasteiger partial charge on any atom is -0.484 e. The second-order valence-electron chi connectivity index (χ2n) is 4.91. The summed E-state index contributed by atoms with van der Waals surface area (Å²) < 4.78 is 40.6. The van der Waals surface area contributed by atoms with Crippen LogP contribution < -0.4 is 15.4 Å². The topological polar surface area (TPSA) is 50.4 Å². The van der Waals surface area contributed by atoms with Gasteiger partial charge in [0.2, 0.25) is 5.91 Å². The molecule has 0 saturated carbocycles. The van der Waals surface area contributed by atoms with E-state index in [1.807, 2.05) is 0 Å². The Bertz CT molecular complexity index is 468. The van der Waals surface area contributed by atoms with Crippen LogP contribution in [0, 0.1) is 0 Å². The molecule has 1 aliphatic heterocycles. The van der Waals surface area contributed by atoms with E-state index in [4.69, 9.17) is 0 Å². The van der Waals surface area contributed by atoms with Crippen molar-refractivity contribution >= 4 is 5.91 Å². The highest BCUT2D eigenvalue weighted by Gasteiger charge is 2.28. The maximum Gasteiger partial charge on any atom is 0.422 e. The average Bonchev–Trinajstić information content (AvgIpc) is 2.97. The van der Waals surface area contributed by atoms with E-state index in [9.17, 15) is 18.0 Å². The van der Waals surface area contributed by atoms with Gasteiger partial charge in [-0.3, -0.25) is 4.79 Å². The number of nitrogens with one attached hydrogen (secondary N) is 2. The zero-order valence-electron chi connectivity index (χ0n) is 11.4. The lowest BCUT2D eigenvalue weighted by atomic mass is 10.2. The fourth-order valence-electron chi connectivity index (χ4n) is 2.09. The van der Waals surface area contributed by atoms with Gasteiger partial charge >= 0.3 is 6.18 Å². The first-order chi connectivity index (χ1) is 9.94. The number of carbonyl (C=O) groups excluding carboxylic acids is 1. The third-order valence-corrected chi connectivity index (χ3v) is 3.17. The molecule has 4 nitrogen and oxygen atoms in total. The zero-order chi connectivity index (χ0) is 15.3. The van der Waals surface area contributed by atoms with Crippen LogP contribution in [0.1, 0.15) is 18.4 Å². The fourth-order valence-corrected chi connectivity index (χ4v) is 2.09. The number of alkyl halides is 3. The number of ether oxygens (including phenoxy) is 1. The second kappa shape index (κ2) is 6.80. The highest BCUT2D eigenvalue weighted by atomic mass is 19.4. The Balaban J connectivity index is 1.78. The highest BCUT2D eigenvalue weighted by molar-refractivity contribution is 5.81. The predicted octanol–water partition coefficient (Wildman–Crippen LogP) is 2.00. The van der Waals surface area contributed by atoms with Crippen LogP contribution in [0.5, 0.6) is 5.75 Å². The van der Waals surface area contributed by atoms with E-state index in [2.05, 4.69) is 15.4 Å². The third-order valence-electron chi connectivity index (χ3n) is 3.17. The van der Waals surface area contributed by atoms with Crippen molar-refractivity contribution in [2.75, 3.05) is 13.2 Å². The summed E-state index contributed by atoms with van der Waals surface area (Å²) in [6.45, 7) is -0.115. The molecule has 2 rings (SSSR count). The van der Waals surface area contributed by atoms with Gasteiger partial charge in [-0.25, -0.2) is 0 Å². The maximum atomic E-state index is 12.0. The van der Waals surface area contributed by atoms with Gasteiger partial charge in [0.15, 0.2) is 6.61 Å². The predicted molar refractivity (Wildman–Crippen MR) is 70.9 cm³/mol. The van der Waals surface area contributed by atoms with Gasteiger partial charge in [-0.1, -0.05) is 12.1 Å². The Kier molecular flexibility index (Phi) is 5.06. The van der Waals surface area contributed by atoms with Crippen molar-refractivity contribution in [2.24, 2.45) is 0 Å². The first-order valence-corrected chi connectivity index (χ1v) is 6.74. The van der Waals surface area contributed by atoms with Crippen LogP contribution in [-0.2, 0) is 11.3 Å². The molecule has 1 aromatic rings. The normalized spacial score (nSPS) is 18.5. The minimum absolute atomic E-state index is 0.0510. The van der Waals surface area contributed by atoms with Crippen molar-refractivity contribution in [3.05, 3.63) is 29.8 Å². The molecule has 1 amide bonds. The molecule has 2 N–H and O–H groups in total. The van der Waals surface area contributed by atoms with Crippen molar-refractivity contribution in [3.8, 4) is 5.75 Å². The SMILES string of the molecule is O=C(NCc1ccc(OCC(F)(F)F)cc1)[C@@H]1CCCN1. The molecule has 0 radical (unpaired) electrons. The Hall–Kier alpha value is -1.76. The first-order valence-electron chi connectivity index (χ1n) is 6.74. The van der Waals surface area contributed by atoms with Crippen LogP contribution in [0.15, 0.2) is 24.3 Å². The number of hydrogen-bond acceptors (Lipinski definition) is 3. The Labute approximate surface area is 120 Å². The molecule has 116 valence electrons. The molecule has 7 heteroatoms. The molecule has 1 heterocycles. The Morgan fingerprint density at radius 3 is 2.62 bits per heavy atom. The molecule has 1 atom stereocenters. The summed E-state index contributed by atoms with van der Waals surface area (Å²) in [5, 5.41) is 5.89. The van der Waals surface area contributed by atoms with E-state index in [0.29, 0.717) is 6.54 Å². The van der Waals surface area contributed by atoms with Gasteiger partial charge in [-0.2, -0.15) is 13.2 Å². The molecule has 1 saturated heterocycles. The molecule has 0 bridgehead atoms. The van der Waals surface area contributed by atoms with Gasteiger partial charge < -0.3 is 15.4 Å². The summed E-state index contributed by atoms with van der Waals surface area (Å²) in [6, 6.07) is 6.05. The summed E-state index contributed by atoms with van der Waals surface area (Å²) in [5.74, 6) is 0.102. The standard InChI is InChI=1S/C14H17F3N2O2/c15-14(16,17)9-21-11-5-3-10(4-6-11)8-19-13(20)12-2-1-7-18-12/h3-6,12,18H,1-2,7-9H2,(H,19,20)/t12-/m0/s1. The quantitative estimate of drug-likeness (QED) is 0.874. The van der Waals surface area contributed by atoms with Gasteiger partial charge in [-0.15, -0.1) is 0 Å². The fraction of sp³-hybridized carbons (Fsp3) is 0.500. The molecular weight excluding hydrogens is 285 g/mol. The average molecular weight is 302 g/mol. The van der Waals surface area contributed by atoms with Crippen molar-refractivity contribution in [1.82, 2.24) is 10.6 Å². The van der Waals surface area contributed by atoms with Crippen molar-refractivity contribution < 1.29 is 22.7 Å². The monoisotopic (exact) mass is 302 g/mol. The molecule has 0 aliphatic carbocycles. The summed E-state index contributed by atoms with van der Waals surface area (Å²) >= 11 is 0. The van der Waals surface area contributed by atoms with E-state index in [0.717, 1.165) is 24.9 Å². The number of hydrogen-bond donors (Lipinski definition) is 2. The molecule has 0 unspecified atom stereocenters. The van der Waals surface area contributed by atoms with Crippen LogP contribution in [0.3, 0.4) is 0 Å². The van der Waals surface area contributed by atoms with Crippen LogP contribution in [0.2, 0.25) is 0 Å². The van der Waals surface area contributed by atoms with Crippen molar-refractivity contribution in [1.29, 1.82) is 0 Å². The molecule has 1 aromatic carbocycles. The van der Waals surface area contributed by atoms with Gasteiger partial charge in [0, 0.05) is 6.54 Å². The van der Waals surface area contributed by atoms with E-state index in [1.165, 1.54) is 12.1 Å². The van der Waals surface area contributed by atoms with Gasteiger partial charge in [0.05, 0.1) is 6.04 Å². The number of halogens is 3. The highest BCUT2D eigenvalue weighted by Crippen LogP contribution is 2.18. The number of carbonyl (C=O) groups is 1. The van der Waals surface area contributed by atoms with Gasteiger partial charge in [-0.05, 0) is 37.1 Å². The zero-order valence-corrected chi connectivity index (χ0v) is 11.4. The molecule has 1 aliphatic rings. The number of benzene rings is 1. The van der Waals surface area contributed by atoms with Crippen molar-refractivity contribution in [2.45, 2.75) is 31.6 Å². The van der Waals surface area contributed by atoms with Crippen LogP contribution in [-0.4, -0.2) is 31.3 Å². The molecule has 0 aromatic heterocycles. The summed E-state index contributed by atoms with van der Waals surface area (Å²) in [6.07, 6.45) is -2.53. The number of amides is 1. The lowest BCUT2D eigenvalue weighted by molar-refractivity contribution is -0.153. The van der Waals surface area contributed by atoms with Crippen LogP contribution in [0.25, 0.3) is 0 Å². The summed E-state index contributed by atoms with van der Waals surface area (Å²) in [7, 11) is 0. The van der Waals surface area contributed by atoms with Gasteiger partial charge in [0.1, 0.15) is 5.75 Å². The molecule has 21 heavy (non-hydrogen) atoms. The second-order valence-corrected chi connectivity index (χ2v) is 4.91. The van der Waals surface area contributed by atoms with E-state index < -0.39 is 12.8 Å². The Morgan fingerprint density at radius 2 is 2.05 bits per heavy atom. The molecular formula is C14H17F3N2O2. The number of rotatable bonds is 5. The first kappa shape index (κ1) is 15.6. The Morgan fingerprint density at radius 1 is 1.33 bits per heavy atom. The largest absolute Gasteiger partial charge is 0.484 e. The summed E-state index contributed by atoms with van der Waals surface area (Å²) in [4.78, 5) is 11.8. The third kappa shape index (κ3) is 5.26. The smallest absolute Gasteiger partial charge is 0.422 e. The molecule has 1 fully saturated rings. The van der Waals surface area contributed by atoms with E-state index >= 15 is 0 Å². The lowest BCUT2D eigenvalue weighted by Crippen LogP contribution is -2.39. The van der Waals surface area contributed by atoms with Crippen LogP contribution in [0.4, 0.5) is 13.2 Å². The summed E-state index contributed by atoms with van der Waals surface area (Å²) in [5.41, 5.74) is 0.806. The van der Waals surface area contributed by atoms with E-state index in [-0.39, 0.29) is 17.7 Å². The van der Waals surface area contributed by atoms with Crippen molar-refractivity contribution in [3.63, 3.8) is 0 Å². The minimum atomic E-state index is -4.35. The van der Waals surface area contributed by atoms with E-state index in [1.54, 1.807) is 12.1 Å².